The van der Waals surface area contributed by atoms with Gasteiger partial charge < -0.3 is 15.3 Å². The summed E-state index contributed by atoms with van der Waals surface area (Å²) >= 11 is 0. The molecule has 0 aromatic heterocycles. The Morgan fingerprint density at radius 1 is 0.690 bits per heavy atom. The molecule has 3 aromatic carbocycles. The molecule has 1 unspecified atom stereocenters. The van der Waals surface area contributed by atoms with Crippen molar-refractivity contribution in [3.8, 4) is 0 Å². The lowest BCUT2D eigenvalue weighted by atomic mass is 10.2. The van der Waals surface area contributed by atoms with Crippen LogP contribution >= 0.6 is 15.2 Å². The molecule has 0 heterocycles. The summed E-state index contributed by atoms with van der Waals surface area (Å²) in [4.78, 5) is 0. The lowest BCUT2D eigenvalue weighted by molar-refractivity contribution is 0.281. The van der Waals surface area contributed by atoms with Gasteiger partial charge in [-0.25, -0.2) is 0 Å². The fraction of sp³-hybridized carbons (Fsp3) is 0.250. The molecule has 152 valence electrons. The molecule has 0 fully saturated rings. The first-order chi connectivity index (χ1) is 14.0. The summed E-state index contributed by atoms with van der Waals surface area (Å²) in [5.74, 6) is 1.03. The maximum atomic E-state index is 9.66. The monoisotopic (exact) mass is 427 g/mol. The molecule has 0 radical (unpaired) electrons. The first kappa shape index (κ1) is 22.1. The minimum atomic E-state index is -1.76. The average Bonchev–Trinajstić information content (AvgIpc) is 2.79. The number of hydrogen-bond donors (Lipinski definition) is 3. The highest BCUT2D eigenvalue weighted by molar-refractivity contribution is 7.96. The second kappa shape index (κ2) is 9.94. The number of hydrogen-bond acceptors (Lipinski definition) is 3. The molecule has 0 spiro atoms. The minimum absolute atomic E-state index is 0.0317. The molecular formula is C24H29O3P2+. The Balaban J connectivity index is 2.06. The van der Waals surface area contributed by atoms with E-state index in [4.69, 9.17) is 0 Å². The van der Waals surface area contributed by atoms with Crippen molar-refractivity contribution in [1.82, 2.24) is 0 Å². The first-order valence-corrected chi connectivity index (χ1v) is 14.1. The molecule has 0 aliphatic rings. The Kier molecular flexibility index (Phi) is 7.57. The van der Waals surface area contributed by atoms with Crippen LogP contribution in [0.4, 0.5) is 0 Å². The van der Waals surface area contributed by atoms with Crippen LogP contribution in [0.2, 0.25) is 0 Å². The van der Waals surface area contributed by atoms with Gasteiger partial charge in [-0.2, -0.15) is 0 Å². The van der Waals surface area contributed by atoms with Gasteiger partial charge in [0.15, 0.2) is 0 Å². The first-order valence-electron chi connectivity index (χ1n) is 9.67. The van der Waals surface area contributed by atoms with Gasteiger partial charge in [0.05, 0.1) is 50.3 Å². The highest BCUT2D eigenvalue weighted by atomic mass is 31.2. The van der Waals surface area contributed by atoms with Crippen LogP contribution in [0.25, 0.3) is 0 Å². The largest absolute Gasteiger partial charge is 0.392 e. The maximum Gasteiger partial charge on any atom is 0.0996 e. The fourth-order valence-electron chi connectivity index (χ4n) is 3.63. The third-order valence-electron chi connectivity index (χ3n) is 5.35. The van der Waals surface area contributed by atoms with Crippen LogP contribution in [0, 0.1) is 0 Å². The van der Waals surface area contributed by atoms with Crippen molar-refractivity contribution in [2.45, 2.75) is 19.8 Å². The maximum absolute atomic E-state index is 9.66. The molecule has 0 aliphatic heterocycles. The molecule has 5 heteroatoms. The van der Waals surface area contributed by atoms with Crippen LogP contribution < -0.4 is 15.9 Å². The van der Waals surface area contributed by atoms with Gasteiger partial charge in [-0.3, -0.25) is 0 Å². The van der Waals surface area contributed by atoms with Gasteiger partial charge in [-0.05, 0) is 66.9 Å². The van der Waals surface area contributed by atoms with E-state index in [0.717, 1.165) is 22.6 Å². The Hall–Kier alpha value is -1.60. The van der Waals surface area contributed by atoms with Gasteiger partial charge in [0.25, 0.3) is 0 Å². The van der Waals surface area contributed by atoms with Crippen molar-refractivity contribution in [3.63, 3.8) is 0 Å². The second-order valence-electron chi connectivity index (χ2n) is 7.51. The average molecular weight is 427 g/mol. The van der Waals surface area contributed by atoms with Crippen LogP contribution in [-0.2, 0) is 19.8 Å². The zero-order chi connectivity index (χ0) is 20.9. The molecule has 0 bridgehead atoms. The quantitative estimate of drug-likeness (QED) is 0.484. The number of benzene rings is 3. The topological polar surface area (TPSA) is 60.7 Å². The zero-order valence-corrected chi connectivity index (χ0v) is 18.8. The summed E-state index contributed by atoms with van der Waals surface area (Å²) in [6, 6.07) is 24.8. The van der Waals surface area contributed by atoms with Crippen molar-refractivity contribution in [2.24, 2.45) is 0 Å². The van der Waals surface area contributed by atoms with E-state index in [9.17, 15) is 15.3 Å². The van der Waals surface area contributed by atoms with Crippen molar-refractivity contribution >= 4 is 31.1 Å². The molecule has 3 aromatic rings. The highest BCUT2D eigenvalue weighted by Crippen LogP contribution is 2.60. The van der Waals surface area contributed by atoms with Gasteiger partial charge in [0, 0.05) is 0 Å². The predicted molar refractivity (Wildman–Crippen MR) is 127 cm³/mol. The van der Waals surface area contributed by atoms with E-state index in [1.54, 1.807) is 0 Å². The predicted octanol–water partition coefficient (Wildman–Crippen LogP) is 3.16. The van der Waals surface area contributed by atoms with Crippen molar-refractivity contribution in [1.29, 1.82) is 0 Å². The van der Waals surface area contributed by atoms with E-state index in [0.29, 0.717) is 0 Å². The fourth-order valence-corrected chi connectivity index (χ4v) is 11.7. The molecule has 29 heavy (non-hydrogen) atoms. The normalized spacial score (nSPS) is 12.7. The summed E-state index contributed by atoms with van der Waals surface area (Å²) < 4.78 is 0. The summed E-state index contributed by atoms with van der Waals surface area (Å²) in [6.45, 7) is 4.78. The van der Waals surface area contributed by atoms with E-state index in [2.05, 4.69) is 49.7 Å². The number of aliphatic hydroxyl groups excluding tert-OH is 3. The molecule has 3 rings (SSSR count). The van der Waals surface area contributed by atoms with Gasteiger partial charge in [-0.15, -0.1) is 0 Å². The minimum Gasteiger partial charge on any atom is -0.392 e. The van der Waals surface area contributed by atoms with Crippen LogP contribution in [0.1, 0.15) is 16.7 Å². The van der Waals surface area contributed by atoms with Crippen LogP contribution in [-0.4, -0.2) is 34.6 Å². The molecule has 0 aliphatic carbocycles. The van der Waals surface area contributed by atoms with Crippen molar-refractivity contribution in [2.75, 3.05) is 19.2 Å². The molecule has 1 atom stereocenters. The lowest BCUT2D eigenvalue weighted by Crippen LogP contribution is -2.25. The zero-order valence-electron chi connectivity index (χ0n) is 17.0. The molecule has 0 amide bonds. The standard InChI is InChI=1S/C24H29O3P2/c1-28(22-9-3-6-19(12-22)15-25)18-29(2,23-10-4-7-20(13-23)16-26)24-11-5-8-21(14-24)17-27/h3-14,25-27H,15-18H2,1-2H3/q+1. The third-order valence-corrected chi connectivity index (χ3v) is 13.3. The third kappa shape index (κ3) is 5.12. The van der Waals surface area contributed by atoms with Gasteiger partial charge in [0.2, 0.25) is 0 Å². The summed E-state index contributed by atoms with van der Waals surface area (Å²) in [6.07, 6.45) is 0. The Labute approximate surface area is 175 Å². The number of rotatable bonds is 8. The van der Waals surface area contributed by atoms with Crippen LogP contribution in [0.15, 0.2) is 72.8 Å². The van der Waals surface area contributed by atoms with Crippen LogP contribution in [0.5, 0.6) is 0 Å². The van der Waals surface area contributed by atoms with Crippen molar-refractivity contribution in [3.05, 3.63) is 89.5 Å². The second-order valence-corrected chi connectivity index (χ2v) is 14.0. The smallest absolute Gasteiger partial charge is 0.0996 e. The molecule has 3 N–H and O–H groups in total. The van der Waals surface area contributed by atoms with E-state index in [1.807, 2.05) is 36.4 Å². The SMILES string of the molecule is CP(C[P+](C)(c1cccc(CO)c1)c1cccc(CO)c1)c1cccc(CO)c1. The highest BCUT2D eigenvalue weighted by Gasteiger charge is 2.39. The van der Waals surface area contributed by atoms with E-state index in [1.165, 1.54) is 15.9 Å². The van der Waals surface area contributed by atoms with Crippen molar-refractivity contribution < 1.29 is 15.3 Å². The Morgan fingerprint density at radius 3 is 1.62 bits per heavy atom. The summed E-state index contributed by atoms with van der Waals surface area (Å²) in [5.41, 5.74) is 2.80. The summed E-state index contributed by atoms with van der Waals surface area (Å²) in [5, 5.41) is 32.7. The number of aliphatic hydroxyl groups is 3. The molecule has 3 nitrogen and oxygen atoms in total. The van der Waals surface area contributed by atoms with Gasteiger partial charge >= 0.3 is 0 Å². The van der Waals surface area contributed by atoms with Crippen LogP contribution in [0.3, 0.4) is 0 Å². The van der Waals surface area contributed by atoms with Gasteiger partial charge in [-0.1, -0.05) is 42.5 Å². The van der Waals surface area contributed by atoms with E-state index >= 15 is 0 Å². The Morgan fingerprint density at radius 2 is 1.14 bits per heavy atom. The van der Waals surface area contributed by atoms with E-state index < -0.39 is 15.2 Å². The van der Waals surface area contributed by atoms with E-state index in [-0.39, 0.29) is 19.8 Å². The molecular weight excluding hydrogens is 398 g/mol. The Bertz CT molecular complexity index is 911. The molecule has 0 saturated heterocycles. The van der Waals surface area contributed by atoms with Gasteiger partial charge in [0.1, 0.15) is 0 Å². The molecule has 0 saturated carbocycles. The summed E-state index contributed by atoms with van der Waals surface area (Å²) in [7, 11) is -2.20. The lowest BCUT2D eigenvalue weighted by Gasteiger charge is -2.27.